The van der Waals surface area contributed by atoms with Crippen molar-refractivity contribution in [1.29, 1.82) is 0 Å². The molecule has 4 heterocycles. The third-order valence-corrected chi connectivity index (χ3v) is 4.67. The predicted molar refractivity (Wildman–Crippen MR) is 78.3 cm³/mol. The van der Waals surface area contributed by atoms with Crippen molar-refractivity contribution in [3.63, 3.8) is 0 Å². The number of rotatable bonds is 2. The number of hydrogen-bond acceptors (Lipinski definition) is 6. The molecule has 0 N–H and O–H groups in total. The molecule has 0 bridgehead atoms. The molecule has 0 saturated carbocycles. The van der Waals surface area contributed by atoms with Crippen LogP contribution in [-0.2, 0) is 11.2 Å². The molecule has 0 radical (unpaired) electrons. The molecule has 0 unspecified atom stereocenters. The fraction of sp³-hybridized carbons (Fsp3) is 0.667. The summed E-state index contributed by atoms with van der Waals surface area (Å²) in [5.41, 5.74) is 1.69. The van der Waals surface area contributed by atoms with Crippen LogP contribution in [0.4, 0.5) is 5.82 Å². The van der Waals surface area contributed by atoms with Gasteiger partial charge in [0.05, 0.1) is 6.61 Å². The lowest BCUT2D eigenvalue weighted by Crippen LogP contribution is -2.44. The van der Waals surface area contributed by atoms with E-state index in [0.717, 1.165) is 56.4 Å². The molecular formula is C15H20N4O2. The molecule has 2 fully saturated rings. The van der Waals surface area contributed by atoms with E-state index in [1.165, 1.54) is 12.8 Å². The third kappa shape index (κ3) is 2.18. The van der Waals surface area contributed by atoms with Crippen molar-refractivity contribution in [3.05, 3.63) is 12.2 Å². The average molecular weight is 288 g/mol. The fourth-order valence-electron chi connectivity index (χ4n) is 3.53. The minimum atomic E-state index is 0.298. The minimum absolute atomic E-state index is 0.298. The van der Waals surface area contributed by atoms with E-state index in [1.54, 1.807) is 6.33 Å². The van der Waals surface area contributed by atoms with E-state index >= 15 is 0 Å². The first-order chi connectivity index (χ1) is 10.3. The molecule has 112 valence electrons. The fourth-order valence-corrected chi connectivity index (χ4v) is 3.53. The van der Waals surface area contributed by atoms with Crippen LogP contribution in [0.25, 0.3) is 11.2 Å². The van der Waals surface area contributed by atoms with Gasteiger partial charge >= 0.3 is 0 Å². The second kappa shape index (κ2) is 4.94. The first-order valence-electron chi connectivity index (χ1n) is 7.73. The molecule has 21 heavy (non-hydrogen) atoms. The number of nitrogens with zero attached hydrogens (tertiary/aromatic N) is 4. The Hall–Kier alpha value is -1.69. The Kier molecular flexibility index (Phi) is 3.06. The maximum Gasteiger partial charge on any atom is 0.252 e. The van der Waals surface area contributed by atoms with Gasteiger partial charge in [-0.25, -0.2) is 9.97 Å². The summed E-state index contributed by atoms with van der Waals surface area (Å²) in [7, 11) is 0. The SMILES string of the molecule is CCc1nc2c(N3CCC[C@@]4(CCOC4)C3)ncnc2o1. The van der Waals surface area contributed by atoms with Crippen molar-refractivity contribution < 1.29 is 9.15 Å². The van der Waals surface area contributed by atoms with E-state index in [0.29, 0.717) is 11.1 Å². The lowest BCUT2D eigenvalue weighted by atomic mass is 9.79. The summed E-state index contributed by atoms with van der Waals surface area (Å²) in [5, 5.41) is 0. The Labute approximate surface area is 123 Å². The summed E-state index contributed by atoms with van der Waals surface area (Å²) in [6.45, 7) is 5.80. The van der Waals surface area contributed by atoms with Crippen molar-refractivity contribution in [3.8, 4) is 0 Å². The molecule has 4 rings (SSSR count). The summed E-state index contributed by atoms with van der Waals surface area (Å²) >= 11 is 0. The number of anilines is 1. The number of ether oxygens (including phenoxy) is 1. The van der Waals surface area contributed by atoms with Gasteiger partial charge in [-0.1, -0.05) is 6.92 Å². The highest BCUT2D eigenvalue weighted by Gasteiger charge is 2.39. The van der Waals surface area contributed by atoms with E-state index in [2.05, 4.69) is 19.9 Å². The van der Waals surface area contributed by atoms with Crippen LogP contribution in [0.1, 0.15) is 32.1 Å². The number of aryl methyl sites for hydroxylation is 1. The molecule has 6 heteroatoms. The van der Waals surface area contributed by atoms with Crippen LogP contribution >= 0.6 is 0 Å². The number of hydrogen-bond donors (Lipinski definition) is 0. The Balaban J connectivity index is 1.70. The largest absolute Gasteiger partial charge is 0.422 e. The number of aromatic nitrogens is 3. The van der Waals surface area contributed by atoms with Gasteiger partial charge in [0.1, 0.15) is 6.33 Å². The smallest absolute Gasteiger partial charge is 0.252 e. The lowest BCUT2D eigenvalue weighted by Gasteiger charge is -2.39. The Morgan fingerprint density at radius 1 is 1.33 bits per heavy atom. The first kappa shape index (κ1) is 13.0. The maximum absolute atomic E-state index is 5.65. The van der Waals surface area contributed by atoms with Gasteiger partial charge in [0.2, 0.25) is 0 Å². The molecule has 1 spiro atoms. The van der Waals surface area contributed by atoms with Crippen molar-refractivity contribution in [2.45, 2.75) is 32.6 Å². The average Bonchev–Trinajstić information content (AvgIpc) is 3.13. The molecule has 1 atom stereocenters. The highest BCUT2D eigenvalue weighted by Crippen LogP contribution is 2.39. The normalized spacial score (nSPS) is 26.0. The van der Waals surface area contributed by atoms with Crippen molar-refractivity contribution in [2.75, 3.05) is 31.2 Å². The zero-order valence-electron chi connectivity index (χ0n) is 12.3. The van der Waals surface area contributed by atoms with E-state index < -0.39 is 0 Å². The summed E-state index contributed by atoms with van der Waals surface area (Å²) in [5.74, 6) is 1.64. The van der Waals surface area contributed by atoms with Crippen LogP contribution in [0.15, 0.2) is 10.7 Å². The lowest BCUT2D eigenvalue weighted by molar-refractivity contribution is 0.139. The molecule has 2 aromatic rings. The maximum atomic E-state index is 5.65. The van der Waals surface area contributed by atoms with Gasteiger partial charge in [-0.15, -0.1) is 0 Å². The van der Waals surface area contributed by atoms with Crippen LogP contribution in [-0.4, -0.2) is 41.3 Å². The molecule has 0 aliphatic carbocycles. The number of oxazole rings is 1. The molecule has 0 aromatic carbocycles. The molecule has 2 aliphatic rings. The summed E-state index contributed by atoms with van der Waals surface area (Å²) < 4.78 is 11.3. The molecule has 2 saturated heterocycles. The summed E-state index contributed by atoms with van der Waals surface area (Å²) in [6.07, 6.45) is 5.92. The van der Waals surface area contributed by atoms with Gasteiger partial charge in [0.15, 0.2) is 17.2 Å². The van der Waals surface area contributed by atoms with Gasteiger partial charge in [-0.2, -0.15) is 4.98 Å². The van der Waals surface area contributed by atoms with Gasteiger partial charge in [-0.05, 0) is 19.3 Å². The quantitative estimate of drug-likeness (QED) is 0.844. The minimum Gasteiger partial charge on any atom is -0.422 e. The van der Waals surface area contributed by atoms with Gasteiger partial charge in [0, 0.05) is 31.5 Å². The molecule has 2 aliphatic heterocycles. The van der Waals surface area contributed by atoms with E-state index in [9.17, 15) is 0 Å². The Morgan fingerprint density at radius 3 is 3.10 bits per heavy atom. The third-order valence-electron chi connectivity index (χ3n) is 4.67. The van der Waals surface area contributed by atoms with Crippen molar-refractivity contribution >= 4 is 17.0 Å². The van der Waals surface area contributed by atoms with Crippen LogP contribution < -0.4 is 4.90 Å². The standard InChI is InChI=1S/C15H20N4O2/c1-2-11-18-12-13(16-10-17-14(12)21-11)19-6-3-4-15(8-19)5-7-20-9-15/h10H,2-9H2,1H3/t15-/m1/s1. The molecule has 2 aromatic heterocycles. The van der Waals surface area contributed by atoms with Gasteiger partial charge in [0.25, 0.3) is 5.71 Å². The van der Waals surface area contributed by atoms with Gasteiger partial charge < -0.3 is 14.1 Å². The summed E-state index contributed by atoms with van der Waals surface area (Å²) in [6, 6.07) is 0. The molecule has 6 nitrogen and oxygen atoms in total. The second-order valence-electron chi connectivity index (χ2n) is 6.14. The van der Waals surface area contributed by atoms with Crippen LogP contribution in [0.3, 0.4) is 0 Å². The molecule has 0 amide bonds. The highest BCUT2D eigenvalue weighted by molar-refractivity contribution is 5.81. The Morgan fingerprint density at radius 2 is 2.29 bits per heavy atom. The monoisotopic (exact) mass is 288 g/mol. The van der Waals surface area contributed by atoms with Crippen LogP contribution in [0.2, 0.25) is 0 Å². The summed E-state index contributed by atoms with van der Waals surface area (Å²) in [4.78, 5) is 15.6. The zero-order valence-corrected chi connectivity index (χ0v) is 12.3. The van der Waals surface area contributed by atoms with Crippen LogP contribution in [0, 0.1) is 5.41 Å². The van der Waals surface area contributed by atoms with Gasteiger partial charge in [-0.3, -0.25) is 0 Å². The van der Waals surface area contributed by atoms with Crippen LogP contribution in [0.5, 0.6) is 0 Å². The Bertz CT molecular complexity index is 648. The first-order valence-corrected chi connectivity index (χ1v) is 7.73. The zero-order chi connectivity index (χ0) is 14.3. The van der Waals surface area contributed by atoms with Crippen molar-refractivity contribution in [2.24, 2.45) is 5.41 Å². The van der Waals surface area contributed by atoms with E-state index in [-0.39, 0.29) is 0 Å². The topological polar surface area (TPSA) is 64.3 Å². The predicted octanol–water partition coefficient (Wildman–Crippen LogP) is 2.19. The highest BCUT2D eigenvalue weighted by atomic mass is 16.5. The molecular weight excluding hydrogens is 268 g/mol. The van der Waals surface area contributed by atoms with Crippen molar-refractivity contribution in [1.82, 2.24) is 15.0 Å². The number of piperidine rings is 1. The number of fused-ring (bicyclic) bond motifs is 1. The van der Waals surface area contributed by atoms with E-state index in [4.69, 9.17) is 9.15 Å². The second-order valence-corrected chi connectivity index (χ2v) is 6.14. The van der Waals surface area contributed by atoms with E-state index in [1.807, 2.05) is 6.92 Å².